The fraction of sp³-hybridized carbons (Fsp3) is 0.500. The first-order valence-electron chi connectivity index (χ1n) is 7.98. The number of urea groups is 1. The molecule has 0 radical (unpaired) electrons. The molecule has 0 aromatic heterocycles. The Morgan fingerprint density at radius 1 is 1.45 bits per heavy atom. The van der Waals surface area contributed by atoms with Crippen LogP contribution in [0.15, 0.2) is 30.0 Å². The van der Waals surface area contributed by atoms with E-state index in [-0.39, 0.29) is 12.1 Å². The molecule has 1 aliphatic rings. The Balaban J connectivity index is 1.98. The predicted molar refractivity (Wildman–Crippen MR) is 88.9 cm³/mol. The van der Waals surface area contributed by atoms with Gasteiger partial charge >= 0.3 is 6.03 Å². The maximum absolute atomic E-state index is 12.0. The van der Waals surface area contributed by atoms with Crippen LogP contribution in [0, 0.1) is 12.8 Å². The van der Waals surface area contributed by atoms with Crippen LogP contribution in [0.5, 0.6) is 5.75 Å². The van der Waals surface area contributed by atoms with Crippen molar-refractivity contribution in [1.29, 1.82) is 0 Å². The van der Waals surface area contributed by atoms with Gasteiger partial charge in [0.15, 0.2) is 0 Å². The highest BCUT2D eigenvalue weighted by molar-refractivity contribution is 5.75. The van der Waals surface area contributed by atoms with Gasteiger partial charge in [-0.2, -0.15) is 0 Å². The lowest BCUT2D eigenvalue weighted by Gasteiger charge is -2.18. The Hall–Kier alpha value is -1.97. The minimum absolute atomic E-state index is 0.115. The van der Waals surface area contributed by atoms with Crippen LogP contribution >= 0.6 is 0 Å². The molecule has 1 fully saturated rings. The average Bonchev–Trinajstić information content (AvgIpc) is 3.31. The quantitative estimate of drug-likeness (QED) is 0.832. The van der Waals surface area contributed by atoms with E-state index in [0.29, 0.717) is 12.5 Å². The van der Waals surface area contributed by atoms with Gasteiger partial charge in [-0.15, -0.1) is 0 Å². The van der Waals surface area contributed by atoms with Crippen LogP contribution in [0.4, 0.5) is 4.79 Å². The van der Waals surface area contributed by atoms with Crippen molar-refractivity contribution in [3.8, 4) is 5.75 Å². The van der Waals surface area contributed by atoms with Crippen LogP contribution in [0.2, 0.25) is 0 Å². The van der Waals surface area contributed by atoms with Crippen molar-refractivity contribution in [1.82, 2.24) is 10.6 Å². The van der Waals surface area contributed by atoms with Crippen LogP contribution in [-0.4, -0.2) is 12.6 Å². The minimum atomic E-state index is -0.184. The number of hydrogen-bond acceptors (Lipinski definition) is 2. The molecule has 0 saturated heterocycles. The molecule has 0 spiro atoms. The van der Waals surface area contributed by atoms with Crippen molar-refractivity contribution in [2.24, 2.45) is 5.92 Å². The molecule has 1 aromatic rings. The second-order valence-electron chi connectivity index (χ2n) is 5.98. The van der Waals surface area contributed by atoms with E-state index in [1.165, 1.54) is 18.4 Å². The van der Waals surface area contributed by atoms with Gasteiger partial charge in [0.25, 0.3) is 0 Å². The summed E-state index contributed by atoms with van der Waals surface area (Å²) < 4.78 is 5.65. The molecule has 4 heteroatoms. The Bertz CT molecular complexity index is 562. The third-order valence-corrected chi connectivity index (χ3v) is 3.93. The summed E-state index contributed by atoms with van der Waals surface area (Å²) in [6, 6.07) is 5.73. The van der Waals surface area contributed by atoms with Crippen molar-refractivity contribution < 1.29 is 9.53 Å². The highest BCUT2D eigenvalue weighted by atomic mass is 16.5. The summed E-state index contributed by atoms with van der Waals surface area (Å²) in [5.41, 5.74) is 3.39. The van der Waals surface area contributed by atoms with E-state index < -0.39 is 0 Å². The van der Waals surface area contributed by atoms with E-state index >= 15 is 0 Å². The van der Waals surface area contributed by atoms with Gasteiger partial charge in [0, 0.05) is 11.8 Å². The topological polar surface area (TPSA) is 50.4 Å². The van der Waals surface area contributed by atoms with Crippen LogP contribution < -0.4 is 15.4 Å². The first-order valence-corrected chi connectivity index (χ1v) is 7.98. The Morgan fingerprint density at radius 3 is 2.82 bits per heavy atom. The van der Waals surface area contributed by atoms with Crippen LogP contribution in [-0.2, 0) is 0 Å². The Kier molecular flexibility index (Phi) is 5.47. The molecule has 0 heterocycles. The van der Waals surface area contributed by atoms with Crippen molar-refractivity contribution in [2.45, 2.75) is 46.6 Å². The second-order valence-corrected chi connectivity index (χ2v) is 5.98. The van der Waals surface area contributed by atoms with Gasteiger partial charge in [-0.05, 0) is 52.5 Å². The molecule has 0 bridgehead atoms. The number of aryl methyl sites for hydroxylation is 1. The summed E-state index contributed by atoms with van der Waals surface area (Å²) in [6.45, 7) is 8.63. The normalized spacial score (nSPS) is 16.1. The molecule has 1 saturated carbocycles. The molecule has 2 N–H and O–H groups in total. The first-order chi connectivity index (χ1) is 10.5. The van der Waals surface area contributed by atoms with E-state index in [4.69, 9.17) is 4.74 Å². The number of hydrogen-bond donors (Lipinski definition) is 2. The highest BCUT2D eigenvalue weighted by Crippen LogP contribution is 2.35. The van der Waals surface area contributed by atoms with E-state index in [1.807, 2.05) is 39.1 Å². The molecule has 0 aliphatic heterocycles. The van der Waals surface area contributed by atoms with Gasteiger partial charge in [0.1, 0.15) is 5.75 Å². The summed E-state index contributed by atoms with van der Waals surface area (Å²) in [5, 5.41) is 5.78. The summed E-state index contributed by atoms with van der Waals surface area (Å²) in [6.07, 6.45) is 4.30. The molecule has 4 nitrogen and oxygen atoms in total. The third kappa shape index (κ3) is 4.52. The lowest BCUT2D eigenvalue weighted by molar-refractivity contribution is 0.240. The van der Waals surface area contributed by atoms with E-state index in [2.05, 4.69) is 23.6 Å². The Morgan fingerprint density at radius 2 is 2.18 bits per heavy atom. The number of benzene rings is 1. The largest absolute Gasteiger partial charge is 0.494 e. The number of carbonyl (C=O) groups excluding carboxylic acids is 1. The van der Waals surface area contributed by atoms with E-state index in [9.17, 15) is 4.79 Å². The third-order valence-electron chi connectivity index (χ3n) is 3.93. The lowest BCUT2D eigenvalue weighted by Crippen LogP contribution is -2.34. The summed E-state index contributed by atoms with van der Waals surface area (Å²) >= 11 is 0. The first kappa shape index (κ1) is 16.4. The van der Waals surface area contributed by atoms with Crippen molar-refractivity contribution >= 4 is 6.03 Å². The molecule has 1 aromatic carbocycles. The summed E-state index contributed by atoms with van der Waals surface area (Å²) in [5.74, 6) is 1.49. The fourth-order valence-corrected chi connectivity index (χ4v) is 2.45. The molecule has 22 heavy (non-hydrogen) atoms. The molecule has 2 amide bonds. The van der Waals surface area contributed by atoms with Crippen molar-refractivity contribution in [2.75, 3.05) is 6.61 Å². The monoisotopic (exact) mass is 302 g/mol. The molecule has 1 unspecified atom stereocenters. The van der Waals surface area contributed by atoms with E-state index in [0.717, 1.165) is 16.9 Å². The van der Waals surface area contributed by atoms with Crippen LogP contribution in [0.1, 0.15) is 50.8 Å². The molecule has 1 aliphatic carbocycles. The summed E-state index contributed by atoms with van der Waals surface area (Å²) in [7, 11) is 0. The van der Waals surface area contributed by atoms with E-state index in [1.54, 1.807) is 0 Å². The zero-order valence-electron chi connectivity index (χ0n) is 13.9. The Labute approximate surface area is 132 Å². The van der Waals surface area contributed by atoms with Gasteiger partial charge in [-0.1, -0.05) is 23.3 Å². The molecule has 120 valence electrons. The van der Waals surface area contributed by atoms with Gasteiger partial charge in [-0.3, -0.25) is 0 Å². The number of carbonyl (C=O) groups is 1. The summed E-state index contributed by atoms with van der Waals surface area (Å²) in [4.78, 5) is 12.0. The standard InChI is InChI=1S/C18H26N2O2/c1-5-22-17-9-6-12(2)10-16(17)14(4)20-18(21)19-11-13(3)15-7-8-15/h6,9-11,14-15H,5,7-8H2,1-4H3,(H2,19,20,21)/b13-11+. The highest BCUT2D eigenvalue weighted by Gasteiger charge is 2.23. The fourth-order valence-electron chi connectivity index (χ4n) is 2.45. The predicted octanol–water partition coefficient (Wildman–Crippen LogP) is 4.07. The molecular weight excluding hydrogens is 276 g/mol. The van der Waals surface area contributed by atoms with Gasteiger partial charge in [0.2, 0.25) is 0 Å². The van der Waals surface area contributed by atoms with Gasteiger partial charge in [0.05, 0.1) is 12.6 Å². The van der Waals surface area contributed by atoms with Gasteiger partial charge < -0.3 is 15.4 Å². The zero-order valence-corrected chi connectivity index (χ0v) is 13.9. The number of allylic oxidation sites excluding steroid dienone is 1. The maximum atomic E-state index is 12.0. The van der Waals surface area contributed by atoms with Gasteiger partial charge in [-0.25, -0.2) is 4.79 Å². The average molecular weight is 302 g/mol. The van der Waals surface area contributed by atoms with Crippen LogP contribution in [0.25, 0.3) is 0 Å². The zero-order chi connectivity index (χ0) is 16.1. The molecule has 1 atom stereocenters. The van der Waals surface area contributed by atoms with Crippen molar-refractivity contribution in [3.63, 3.8) is 0 Å². The van der Waals surface area contributed by atoms with Crippen LogP contribution in [0.3, 0.4) is 0 Å². The minimum Gasteiger partial charge on any atom is -0.494 e. The molecule has 2 rings (SSSR count). The lowest BCUT2D eigenvalue weighted by atomic mass is 10.0. The second kappa shape index (κ2) is 7.34. The van der Waals surface area contributed by atoms with Crippen molar-refractivity contribution in [3.05, 3.63) is 41.1 Å². The number of amides is 2. The number of nitrogens with one attached hydrogen (secondary N) is 2. The number of rotatable bonds is 6. The SMILES string of the molecule is CCOc1ccc(C)cc1C(C)NC(=O)N/C=C(\C)C1CC1. The smallest absolute Gasteiger partial charge is 0.319 e. The maximum Gasteiger partial charge on any atom is 0.319 e. The number of ether oxygens (including phenoxy) is 1. The molecular formula is C18H26N2O2.